The van der Waals surface area contributed by atoms with E-state index in [1.165, 1.54) is 10.6 Å². The van der Waals surface area contributed by atoms with E-state index >= 15 is 0 Å². The molecule has 1 aliphatic heterocycles. The Hall–Kier alpha value is -3.11. The number of piperidine rings is 1. The number of nitriles is 1. The van der Waals surface area contributed by atoms with Crippen LogP contribution < -0.4 is 15.4 Å². The Balaban J connectivity index is 1.71. The molecule has 1 aliphatic rings. The second kappa shape index (κ2) is 8.44. The first-order valence-electron chi connectivity index (χ1n) is 10.6. The molecule has 32 heavy (non-hydrogen) atoms. The van der Waals surface area contributed by atoms with Gasteiger partial charge in [-0.2, -0.15) is 5.26 Å². The Morgan fingerprint density at radius 3 is 2.72 bits per heavy atom. The first kappa shape index (κ1) is 22.1. The highest BCUT2D eigenvalue weighted by atomic mass is 35.5. The molecule has 0 bridgehead atoms. The molecule has 0 spiro atoms. The van der Waals surface area contributed by atoms with Crippen molar-refractivity contribution in [2.75, 3.05) is 29.9 Å². The van der Waals surface area contributed by atoms with Gasteiger partial charge in [0.05, 0.1) is 11.2 Å². The summed E-state index contributed by atoms with van der Waals surface area (Å²) in [6.45, 7) is 5.38. The monoisotopic (exact) mass is 453 g/mol. The molecule has 2 atom stereocenters. The van der Waals surface area contributed by atoms with Crippen molar-refractivity contribution < 1.29 is 4.39 Å². The van der Waals surface area contributed by atoms with Gasteiger partial charge in [0.1, 0.15) is 28.1 Å². The molecule has 166 valence electrons. The maximum atomic E-state index is 13.6. The molecule has 0 N–H and O–H groups in total. The number of anilines is 2. The number of aromatic nitrogens is 2. The van der Waals surface area contributed by atoms with Crippen molar-refractivity contribution in [3.63, 3.8) is 0 Å². The van der Waals surface area contributed by atoms with Crippen molar-refractivity contribution in [2.24, 2.45) is 13.0 Å². The van der Waals surface area contributed by atoms with Crippen molar-refractivity contribution in [2.45, 2.75) is 26.3 Å². The van der Waals surface area contributed by atoms with Gasteiger partial charge in [0, 0.05) is 38.9 Å². The van der Waals surface area contributed by atoms with Crippen LogP contribution in [-0.4, -0.2) is 35.7 Å². The fourth-order valence-corrected chi connectivity index (χ4v) is 5.03. The van der Waals surface area contributed by atoms with Crippen molar-refractivity contribution in [1.82, 2.24) is 9.55 Å². The number of halogens is 2. The molecule has 1 aromatic carbocycles. The lowest BCUT2D eigenvalue weighted by molar-refractivity contribution is 0.370. The highest BCUT2D eigenvalue weighted by Gasteiger charge is 2.32. The number of hydrogen-bond acceptors (Lipinski definition) is 5. The molecule has 4 rings (SSSR count). The SMILES string of the molecule is Cc1cc(F)ccc1N(C)[C@@H]1CCN(c2c(C#N)c(=O)n(C)c3ccc(Cl)nc23)C[C@@H]1C. The Kier molecular flexibility index (Phi) is 5.83. The van der Waals surface area contributed by atoms with Crippen molar-refractivity contribution in [3.05, 3.63) is 62.8 Å². The van der Waals surface area contributed by atoms with E-state index in [1.54, 1.807) is 25.2 Å². The zero-order valence-electron chi connectivity index (χ0n) is 18.6. The summed E-state index contributed by atoms with van der Waals surface area (Å²) in [6.07, 6.45) is 0.816. The average Bonchev–Trinajstić information content (AvgIpc) is 2.75. The highest BCUT2D eigenvalue weighted by Crippen LogP contribution is 2.34. The van der Waals surface area contributed by atoms with Gasteiger partial charge < -0.3 is 14.4 Å². The fraction of sp³-hybridized carbons (Fsp3) is 0.375. The molecule has 1 saturated heterocycles. The van der Waals surface area contributed by atoms with Gasteiger partial charge in [-0.3, -0.25) is 4.79 Å². The maximum Gasteiger partial charge on any atom is 0.270 e. The minimum Gasteiger partial charge on any atom is -0.371 e. The lowest BCUT2D eigenvalue weighted by Crippen LogP contribution is -2.50. The minimum absolute atomic E-state index is 0.0863. The molecule has 3 heterocycles. The minimum atomic E-state index is -0.340. The van der Waals surface area contributed by atoms with Crippen molar-refractivity contribution >= 4 is 34.0 Å². The first-order chi connectivity index (χ1) is 15.2. The van der Waals surface area contributed by atoms with Gasteiger partial charge in [0.2, 0.25) is 0 Å². The predicted molar refractivity (Wildman–Crippen MR) is 126 cm³/mol. The number of nitrogens with zero attached hydrogens (tertiary/aromatic N) is 5. The molecule has 6 nitrogen and oxygen atoms in total. The van der Waals surface area contributed by atoms with E-state index in [0.717, 1.165) is 17.7 Å². The summed E-state index contributed by atoms with van der Waals surface area (Å²) in [4.78, 5) is 21.6. The van der Waals surface area contributed by atoms with Gasteiger partial charge in [-0.15, -0.1) is 0 Å². The zero-order chi connectivity index (χ0) is 23.2. The van der Waals surface area contributed by atoms with Crippen LogP contribution in [0, 0.1) is 30.0 Å². The van der Waals surface area contributed by atoms with Crippen molar-refractivity contribution in [1.29, 1.82) is 5.26 Å². The van der Waals surface area contributed by atoms with Crippen LogP contribution in [0.1, 0.15) is 24.5 Å². The second-order valence-electron chi connectivity index (χ2n) is 8.52. The van der Waals surface area contributed by atoms with Crippen LogP contribution in [0.15, 0.2) is 35.1 Å². The molecule has 0 amide bonds. The van der Waals surface area contributed by atoms with Crippen LogP contribution in [-0.2, 0) is 7.05 Å². The van der Waals surface area contributed by atoms with Gasteiger partial charge in [-0.05, 0) is 55.2 Å². The molecule has 3 aromatic rings. The van der Waals surface area contributed by atoms with E-state index in [4.69, 9.17) is 11.6 Å². The van der Waals surface area contributed by atoms with Gasteiger partial charge in [-0.25, -0.2) is 9.37 Å². The standard InChI is InChI=1S/C24H25ClFN5O/c1-14-11-16(26)5-6-18(14)29(3)19-9-10-31(13-15(19)2)23-17(12-27)24(32)30(4)20-7-8-21(25)28-22(20)23/h5-8,11,15,19H,9-10,13H2,1-4H3/t15-,19+/m0/s1. The normalized spacial score (nSPS) is 18.6. The first-order valence-corrected chi connectivity index (χ1v) is 10.9. The van der Waals surface area contributed by atoms with Gasteiger partial charge >= 0.3 is 0 Å². The largest absolute Gasteiger partial charge is 0.371 e. The number of aryl methyl sites for hydroxylation is 2. The summed E-state index contributed by atoms with van der Waals surface area (Å²) < 4.78 is 15.0. The average molecular weight is 454 g/mol. The zero-order valence-corrected chi connectivity index (χ0v) is 19.3. The Morgan fingerprint density at radius 1 is 1.31 bits per heavy atom. The summed E-state index contributed by atoms with van der Waals surface area (Å²) in [5.74, 6) is -0.0155. The van der Waals surface area contributed by atoms with Gasteiger partial charge in [-0.1, -0.05) is 18.5 Å². The third kappa shape index (κ3) is 3.69. The van der Waals surface area contributed by atoms with Gasteiger partial charge in [0.15, 0.2) is 0 Å². The molecule has 0 aliphatic carbocycles. The van der Waals surface area contributed by atoms with Crippen LogP contribution in [0.4, 0.5) is 15.8 Å². The number of pyridine rings is 2. The van der Waals surface area contributed by atoms with Crippen LogP contribution in [0.3, 0.4) is 0 Å². The van der Waals surface area contributed by atoms with E-state index in [9.17, 15) is 14.4 Å². The maximum absolute atomic E-state index is 13.6. The number of rotatable bonds is 3. The number of benzene rings is 1. The topological polar surface area (TPSA) is 65.2 Å². The van der Waals surface area contributed by atoms with Crippen LogP contribution in [0.5, 0.6) is 0 Å². The summed E-state index contributed by atoms with van der Waals surface area (Å²) >= 11 is 6.17. The van der Waals surface area contributed by atoms with E-state index in [2.05, 4.69) is 27.8 Å². The molecule has 0 unspecified atom stereocenters. The number of fused-ring (bicyclic) bond motifs is 1. The molecular weight excluding hydrogens is 429 g/mol. The smallest absolute Gasteiger partial charge is 0.270 e. The Labute approximate surface area is 191 Å². The van der Waals surface area contributed by atoms with E-state index in [1.807, 2.05) is 20.0 Å². The molecule has 1 fully saturated rings. The summed E-state index contributed by atoms with van der Waals surface area (Å²) in [5.41, 5.74) is 3.40. The molecule has 0 saturated carbocycles. The number of hydrogen-bond donors (Lipinski definition) is 0. The lowest BCUT2D eigenvalue weighted by atomic mass is 9.91. The van der Waals surface area contributed by atoms with Crippen LogP contribution in [0.25, 0.3) is 11.0 Å². The highest BCUT2D eigenvalue weighted by molar-refractivity contribution is 6.29. The Morgan fingerprint density at radius 2 is 2.06 bits per heavy atom. The molecule has 0 radical (unpaired) electrons. The second-order valence-corrected chi connectivity index (χ2v) is 8.91. The van der Waals surface area contributed by atoms with Crippen LogP contribution in [0.2, 0.25) is 5.15 Å². The summed E-state index contributed by atoms with van der Waals surface area (Å²) in [7, 11) is 3.67. The van der Waals surface area contributed by atoms with Gasteiger partial charge in [0.25, 0.3) is 5.56 Å². The lowest BCUT2D eigenvalue weighted by Gasteiger charge is -2.43. The fourth-order valence-electron chi connectivity index (χ4n) is 4.88. The molecule has 8 heteroatoms. The summed E-state index contributed by atoms with van der Waals surface area (Å²) in [5, 5.41) is 10.1. The quantitative estimate of drug-likeness (QED) is 0.554. The third-order valence-corrected chi connectivity index (χ3v) is 6.72. The van der Waals surface area contributed by atoms with Crippen molar-refractivity contribution in [3.8, 4) is 6.07 Å². The Bertz CT molecular complexity index is 1300. The third-order valence-electron chi connectivity index (χ3n) is 6.51. The molecular formula is C24H25ClFN5O. The molecule has 2 aromatic heterocycles. The summed E-state index contributed by atoms with van der Waals surface area (Å²) in [6, 6.07) is 10.6. The predicted octanol–water partition coefficient (Wildman–Crippen LogP) is 4.26. The van der Waals surface area contributed by atoms with E-state index in [-0.39, 0.29) is 28.9 Å². The van der Waals surface area contributed by atoms with E-state index in [0.29, 0.717) is 35.0 Å². The van der Waals surface area contributed by atoms with Crippen LogP contribution >= 0.6 is 11.6 Å². The van der Waals surface area contributed by atoms with E-state index < -0.39 is 0 Å².